The topological polar surface area (TPSA) is 502 Å². The van der Waals surface area contributed by atoms with E-state index >= 15 is 0 Å². The van der Waals surface area contributed by atoms with Gasteiger partial charge in [0.25, 0.3) is 70.4 Å². The molecule has 0 atom stereocenters. The first kappa shape index (κ1) is 105. The van der Waals surface area contributed by atoms with E-state index in [-0.39, 0.29) is 76.7 Å². The number of urea groups is 4. The maximum absolute atomic E-state index is 14.4. The minimum atomic E-state index is -4.41. The Bertz CT molecular complexity index is 6440. The van der Waals surface area contributed by atoms with Crippen molar-refractivity contribution in [2.75, 3.05) is 63.2 Å². The first-order valence-corrected chi connectivity index (χ1v) is 46.9. The average Bonchev–Trinajstić information content (AvgIpc) is 1.65. The molecular weight excluding hydrogens is 1800 g/mol. The van der Waals surface area contributed by atoms with Crippen molar-refractivity contribution in [3.8, 4) is 22.3 Å². The molecule has 4 aromatic carbocycles. The molecule has 0 bridgehead atoms. The first-order chi connectivity index (χ1) is 60.8. The van der Waals surface area contributed by atoms with Crippen LogP contribution < -0.4 is 45.5 Å². The monoisotopic (exact) mass is 1910 g/mol. The Morgan fingerprint density at radius 2 is 0.763 bits per heavy atom. The van der Waals surface area contributed by atoms with Gasteiger partial charge in [-0.2, -0.15) is 64.3 Å². The summed E-state index contributed by atoms with van der Waals surface area (Å²) < 4.78 is 132. The minimum absolute atomic E-state index is 0.0184. The molecule has 10 rings (SSSR count). The summed E-state index contributed by atoms with van der Waals surface area (Å²) in [5, 5.41) is 35.6. The lowest BCUT2D eigenvalue weighted by molar-refractivity contribution is 0.0795. The summed E-state index contributed by atoms with van der Waals surface area (Å²) in [5.41, 5.74) is 9.20. The van der Waals surface area contributed by atoms with Gasteiger partial charge in [0.2, 0.25) is 0 Å². The number of amides is 12. The van der Waals surface area contributed by atoms with Crippen molar-refractivity contribution in [1.82, 2.24) is 97.6 Å². The number of nitrogens with one attached hydrogen (secondary N) is 9. The third-order valence-electron chi connectivity index (χ3n) is 19.4. The van der Waals surface area contributed by atoms with Gasteiger partial charge in [-0.3, -0.25) is 57.0 Å². The molecule has 9 N–H and O–H groups in total. The number of benzene rings is 4. The number of rotatable bonds is 26. The number of anilines is 4. The molecule has 12 amide bonds. The molecule has 0 unspecified atom stereocenters. The maximum atomic E-state index is 14.4. The van der Waals surface area contributed by atoms with E-state index in [0.29, 0.717) is 38.8 Å². The van der Waals surface area contributed by atoms with Crippen LogP contribution in [0.3, 0.4) is 0 Å². The van der Waals surface area contributed by atoms with E-state index in [4.69, 9.17) is 18.2 Å². The summed E-state index contributed by atoms with van der Waals surface area (Å²) >= 11 is 6.24. The molecule has 0 aliphatic carbocycles. The van der Waals surface area contributed by atoms with Crippen LogP contribution in [-0.2, 0) is 82.4 Å². The Labute approximate surface area is 766 Å². The third kappa shape index (κ3) is 26.9. The Morgan fingerprint density at radius 1 is 0.420 bits per heavy atom. The summed E-state index contributed by atoms with van der Waals surface area (Å²) in [6.07, 6.45) is 6.70. The van der Waals surface area contributed by atoms with Crippen LogP contribution >= 0.6 is 11.6 Å². The van der Waals surface area contributed by atoms with E-state index in [2.05, 4.69) is 62.0 Å². The number of carbonyl (C=O) groups excluding carboxylic acids is 8. The zero-order chi connectivity index (χ0) is 98.5. The number of aromatic nitrogens is 12. The molecule has 0 saturated heterocycles. The van der Waals surface area contributed by atoms with Crippen LogP contribution in [0.1, 0.15) is 208 Å². The van der Waals surface area contributed by atoms with Crippen LogP contribution in [0.4, 0.5) is 46.3 Å². The second-order valence-corrected chi connectivity index (χ2v) is 39.7. The molecule has 0 saturated carbocycles. The highest BCUT2D eigenvalue weighted by atomic mass is 35.5. The van der Waals surface area contributed by atoms with Crippen molar-refractivity contribution in [3.63, 3.8) is 0 Å². The van der Waals surface area contributed by atoms with Crippen molar-refractivity contribution in [1.29, 1.82) is 0 Å². The van der Waals surface area contributed by atoms with Gasteiger partial charge in [-0.1, -0.05) is 125 Å². The van der Waals surface area contributed by atoms with E-state index in [1.165, 1.54) is 82.1 Å². The van der Waals surface area contributed by atoms with Gasteiger partial charge in [0, 0.05) is 159 Å². The smallest absolute Gasteiger partial charge is 0.333 e. The molecule has 131 heavy (non-hydrogen) atoms. The fraction of sp³-hybridized carbons (Fsp3) is 0.393. The zero-order valence-corrected chi connectivity index (χ0v) is 81.2. The molecule has 0 aliphatic rings. The van der Waals surface area contributed by atoms with Gasteiger partial charge >= 0.3 is 24.1 Å². The van der Waals surface area contributed by atoms with Gasteiger partial charge in [0.05, 0.1) is 18.1 Å². The Hall–Kier alpha value is -13.4. The molecule has 6 heterocycles. The zero-order valence-electron chi connectivity index (χ0n) is 77.2. The van der Waals surface area contributed by atoms with Gasteiger partial charge in [-0.25, -0.2) is 49.0 Å². The number of sulfonamides is 4. The van der Waals surface area contributed by atoms with Crippen LogP contribution in [-0.4, -0.2) is 203 Å². The van der Waals surface area contributed by atoms with Gasteiger partial charge in [0.1, 0.15) is 28.6 Å². The van der Waals surface area contributed by atoms with E-state index in [9.17, 15) is 76.4 Å². The Morgan fingerprint density at radius 3 is 1.12 bits per heavy atom. The average molecular weight is 1910 g/mol. The summed E-state index contributed by atoms with van der Waals surface area (Å²) in [6.45, 7) is 33.6. The number of para-hydroxylation sites is 1. The molecule has 0 fully saturated rings. The quantitative estimate of drug-likeness (QED) is 0.0227. The molecule has 10 aromatic rings. The van der Waals surface area contributed by atoms with Gasteiger partial charge in [-0.15, -0.1) is 0 Å². The molecule has 0 spiro atoms. The van der Waals surface area contributed by atoms with E-state index < -0.39 is 114 Å². The van der Waals surface area contributed by atoms with Crippen LogP contribution in [0.5, 0.6) is 0 Å². The predicted molar refractivity (Wildman–Crippen MR) is 492 cm³/mol. The molecule has 706 valence electrons. The highest BCUT2D eigenvalue weighted by Crippen LogP contribution is 2.39. The van der Waals surface area contributed by atoms with E-state index in [1.807, 2.05) is 139 Å². The van der Waals surface area contributed by atoms with Crippen molar-refractivity contribution < 1.29 is 76.4 Å². The molecular formula is C84H111ClFN25O16S4. The summed E-state index contributed by atoms with van der Waals surface area (Å²) in [7, 11) is -0.616. The molecule has 41 nitrogen and oxygen atoms in total. The van der Waals surface area contributed by atoms with Crippen molar-refractivity contribution >= 4 is 122 Å². The number of nitrogens with zero attached hydrogens (tertiary/aromatic N) is 16. The van der Waals surface area contributed by atoms with Crippen LogP contribution in [0.2, 0.25) is 5.02 Å². The van der Waals surface area contributed by atoms with E-state index in [0.717, 1.165) is 86.8 Å². The van der Waals surface area contributed by atoms with Crippen molar-refractivity contribution in [3.05, 3.63) is 188 Å². The van der Waals surface area contributed by atoms with Gasteiger partial charge in [-0.05, 0) is 119 Å². The number of aryl methyl sites for hydroxylation is 6. The van der Waals surface area contributed by atoms with E-state index in [1.54, 1.807) is 77.3 Å². The van der Waals surface area contributed by atoms with Crippen LogP contribution in [0, 0.1) is 12.4 Å². The fourth-order valence-corrected chi connectivity index (χ4v) is 16.7. The van der Waals surface area contributed by atoms with Gasteiger partial charge < -0.3 is 36.4 Å². The van der Waals surface area contributed by atoms with Crippen LogP contribution in [0.25, 0.3) is 27.1 Å². The lowest BCUT2D eigenvalue weighted by atomic mass is 9.92. The first-order valence-electron chi connectivity index (χ1n) is 40.6. The number of halogens is 2. The number of hydrogen-bond donors (Lipinski definition) is 9. The SMILES string of the molecule is CC(C)NC(=O)c1cc(S(=O)(=O)NC(=O)Nc2c(C(C)C)cccc2C(C)C)nn1C.CC(C)c1cc(F)cc(-c2cnn(C)c2)c1NC(=O)NS(=O)(=O)c1cc(C(=O)N(C)C)n(C)n1.CC(C)c1ccc(-c2cnn(C)c2)cc1NC(=O)NS(=O)(=O)c1cc(C(=O)N(C)C)n(C)n1.[C-]#[N+]CN(C)C(=O)c1cc(S(=O)(=O)NC(=O)Nc2c(C(C)C)cc(Cl)cc2C(C)C)nn1C. The maximum Gasteiger partial charge on any atom is 0.333 e. The Balaban J connectivity index is 0.000000239. The lowest BCUT2D eigenvalue weighted by Crippen LogP contribution is -2.35. The fourth-order valence-electron chi connectivity index (χ4n) is 12.9. The third-order valence-corrected chi connectivity index (χ3v) is 24.5. The standard InChI is InChI=1S/C21H27ClN6O4S.C21H26FN7O4S.C21H27N7O4S.C21H31N5O4S/c1-12(2)15-8-14(22)9-16(13(3)4)19(15)24-21(30)26-33(31,32)18-10-17(28(7)25-18)20(29)27(6)11-23-5;1-12(2)15-7-14(22)8-16(13-10-23-28(5)11-13)19(15)24-21(31)26-34(32,33)18-9-17(29(6)25-18)20(30)27(3)4;1-13(2)16-8-7-14(15-11-22-27(5)12-15)9-17(16)23-21(30)25-33(31,32)19-10-18(28(6)24-19)20(29)26(3)4;1-12(2)15-9-8-10-16(13(3)4)19(15)23-21(28)25-31(29,30)18-11-17(26(7)24-18)20(27)22-14(5)6/h8-10,12-13H,11H2,1-4,6-7H3,(H2,24,26,30);7-12H,1-6H3,(H2,24,26,31);7-13H,1-6H3,(H2,23,25,30);8-14H,1-7H3,(H,22,27)(H2,23,25,28). The highest BCUT2D eigenvalue weighted by molar-refractivity contribution is 7.90. The minimum Gasteiger partial charge on any atom is -0.349 e. The number of carbonyl (C=O) groups is 8. The molecule has 0 aliphatic heterocycles. The van der Waals surface area contributed by atoms with Crippen molar-refractivity contribution in [2.24, 2.45) is 42.3 Å². The molecule has 47 heteroatoms. The predicted octanol–water partition coefficient (Wildman–Crippen LogP) is 11.5. The summed E-state index contributed by atoms with van der Waals surface area (Å²) in [5.74, 6) is -2.21. The highest BCUT2D eigenvalue weighted by Gasteiger charge is 2.33. The summed E-state index contributed by atoms with van der Waals surface area (Å²) in [6, 6.07) is 17.7. The van der Waals surface area contributed by atoms with Crippen molar-refractivity contribution in [2.45, 2.75) is 159 Å². The normalized spacial score (nSPS) is 11.5. The van der Waals surface area contributed by atoms with Gasteiger partial charge in [0.15, 0.2) is 20.1 Å². The van der Waals surface area contributed by atoms with Crippen LogP contribution in [0.15, 0.2) is 130 Å². The molecule has 0 radical (unpaired) electrons. The number of hydrogen-bond acceptors (Lipinski definition) is 22. The Kier molecular flexibility index (Phi) is 34.6. The summed E-state index contributed by atoms with van der Waals surface area (Å²) in [4.78, 5) is 107. The lowest BCUT2D eigenvalue weighted by Gasteiger charge is -2.21. The second-order valence-electron chi connectivity index (χ2n) is 32.8. The molecule has 6 aromatic heterocycles. The largest absolute Gasteiger partial charge is 0.349 e. The second kappa shape index (κ2) is 43.4.